The Morgan fingerprint density at radius 3 is 2.38 bits per heavy atom. The number of hydrogen-bond donors (Lipinski definition) is 0. The molecular formula is C29H23Cl2FN4O3. The van der Waals surface area contributed by atoms with E-state index < -0.39 is 5.91 Å². The molecule has 1 aliphatic rings. The third-order valence-electron chi connectivity index (χ3n) is 6.23. The van der Waals surface area contributed by atoms with Gasteiger partial charge >= 0.3 is 0 Å². The quantitative estimate of drug-likeness (QED) is 0.283. The number of carbonyl (C=O) groups excluding carboxylic acids is 2. The van der Waals surface area contributed by atoms with E-state index in [-0.39, 0.29) is 34.4 Å². The highest BCUT2D eigenvalue weighted by Gasteiger charge is 2.26. The van der Waals surface area contributed by atoms with Crippen LogP contribution < -0.4 is 0 Å². The second-order valence-corrected chi connectivity index (χ2v) is 9.70. The van der Waals surface area contributed by atoms with Gasteiger partial charge in [0.2, 0.25) is 0 Å². The maximum absolute atomic E-state index is 13.7. The maximum atomic E-state index is 13.7. The minimum atomic E-state index is -0.660. The number of rotatable bonds is 6. The lowest BCUT2D eigenvalue weighted by Gasteiger charge is -2.27. The van der Waals surface area contributed by atoms with E-state index in [4.69, 9.17) is 33.0 Å². The van der Waals surface area contributed by atoms with Crippen molar-refractivity contribution in [1.29, 1.82) is 0 Å². The molecule has 5 rings (SSSR count). The summed E-state index contributed by atoms with van der Waals surface area (Å²) in [5.41, 5.74) is 2.80. The van der Waals surface area contributed by atoms with Gasteiger partial charge in [-0.15, -0.1) is 0 Å². The Bertz CT molecular complexity index is 1530. The third-order valence-corrected chi connectivity index (χ3v) is 6.78. The van der Waals surface area contributed by atoms with Gasteiger partial charge in [0.15, 0.2) is 0 Å². The van der Waals surface area contributed by atoms with Crippen LogP contribution in [0.1, 0.15) is 15.9 Å². The molecule has 1 fully saturated rings. The Morgan fingerprint density at radius 2 is 1.69 bits per heavy atom. The largest absolute Gasteiger partial charge is 0.378 e. The Labute approximate surface area is 234 Å². The zero-order valence-corrected chi connectivity index (χ0v) is 22.2. The lowest BCUT2D eigenvalue weighted by molar-refractivity contribution is -0.128. The highest BCUT2D eigenvalue weighted by molar-refractivity contribution is 6.42. The Kier molecular flexibility index (Phi) is 8.16. The molecule has 198 valence electrons. The number of hydrogen-bond acceptors (Lipinski definition) is 4. The van der Waals surface area contributed by atoms with Crippen LogP contribution in [-0.4, -0.2) is 58.5 Å². The van der Waals surface area contributed by atoms with Crippen LogP contribution in [0.4, 0.5) is 4.39 Å². The van der Waals surface area contributed by atoms with Crippen molar-refractivity contribution in [1.82, 2.24) is 14.7 Å². The van der Waals surface area contributed by atoms with Gasteiger partial charge in [-0.1, -0.05) is 41.4 Å². The summed E-state index contributed by atoms with van der Waals surface area (Å²) in [5, 5.41) is 5.25. The fourth-order valence-corrected chi connectivity index (χ4v) is 4.73. The molecule has 1 aliphatic heterocycles. The van der Waals surface area contributed by atoms with Crippen molar-refractivity contribution in [3.05, 3.63) is 106 Å². The van der Waals surface area contributed by atoms with Gasteiger partial charge < -0.3 is 9.64 Å². The van der Waals surface area contributed by atoms with Crippen LogP contribution in [0, 0.1) is 5.82 Å². The molecule has 0 N–H and O–H groups in total. The lowest BCUT2D eigenvalue weighted by atomic mass is 10.0. The number of morpholine rings is 1. The molecule has 0 spiro atoms. The fraction of sp³-hybridized carbons (Fsp3) is 0.172. The number of nitrogens with zero attached hydrogens (tertiary/aromatic N) is 4. The molecule has 3 aromatic carbocycles. The molecule has 0 unspecified atom stereocenters. The molecule has 7 nitrogen and oxygen atoms in total. The van der Waals surface area contributed by atoms with Crippen molar-refractivity contribution in [3.8, 4) is 16.9 Å². The Balaban J connectivity index is 1.58. The summed E-state index contributed by atoms with van der Waals surface area (Å²) in [7, 11) is 0. The summed E-state index contributed by atoms with van der Waals surface area (Å²) in [6.07, 6.45) is 1.79. The normalized spacial score (nSPS) is 13.9. The summed E-state index contributed by atoms with van der Waals surface area (Å²) in [6, 6.07) is 19.9. The minimum absolute atomic E-state index is 0.00663. The van der Waals surface area contributed by atoms with Gasteiger partial charge in [-0.3, -0.25) is 9.59 Å². The number of benzene rings is 3. The zero-order valence-electron chi connectivity index (χ0n) is 20.7. The molecule has 1 saturated heterocycles. The van der Waals surface area contributed by atoms with E-state index in [9.17, 15) is 14.0 Å². The van der Waals surface area contributed by atoms with Gasteiger partial charge in [0.05, 0.1) is 35.2 Å². The van der Waals surface area contributed by atoms with Gasteiger partial charge in [0.1, 0.15) is 11.5 Å². The molecule has 0 saturated carbocycles. The van der Waals surface area contributed by atoms with Crippen molar-refractivity contribution < 1.29 is 18.7 Å². The molecule has 0 bridgehead atoms. The van der Waals surface area contributed by atoms with Crippen LogP contribution in [0.2, 0.25) is 10.0 Å². The summed E-state index contributed by atoms with van der Waals surface area (Å²) >= 11 is 12.2. The molecule has 2 heterocycles. The number of ether oxygens (including phenoxy) is 1. The first-order valence-corrected chi connectivity index (χ1v) is 13.0. The predicted octanol–water partition coefficient (Wildman–Crippen LogP) is 5.67. The van der Waals surface area contributed by atoms with Crippen LogP contribution in [-0.2, 0) is 16.0 Å². The SMILES string of the molecule is O=C(N=C(Cc1cn(-c2ccccc2)nc1-c1ccc(F)cc1)C(=O)N1CCOCC1)c1ccc(Cl)cc1Cl. The van der Waals surface area contributed by atoms with E-state index in [0.29, 0.717) is 48.1 Å². The van der Waals surface area contributed by atoms with Crippen LogP contribution in [0.15, 0.2) is 84.0 Å². The second kappa shape index (κ2) is 11.9. The smallest absolute Gasteiger partial charge is 0.278 e. The lowest BCUT2D eigenvalue weighted by Crippen LogP contribution is -2.44. The van der Waals surface area contributed by atoms with E-state index >= 15 is 0 Å². The Hall–Kier alpha value is -3.85. The number of para-hydroxylation sites is 1. The maximum Gasteiger partial charge on any atom is 0.278 e. The molecule has 1 aromatic heterocycles. The minimum Gasteiger partial charge on any atom is -0.378 e. The van der Waals surface area contributed by atoms with Crippen molar-refractivity contribution in [2.75, 3.05) is 26.3 Å². The van der Waals surface area contributed by atoms with Gasteiger partial charge in [-0.25, -0.2) is 14.1 Å². The molecule has 39 heavy (non-hydrogen) atoms. The molecule has 2 amide bonds. The molecule has 0 radical (unpaired) electrons. The Morgan fingerprint density at radius 1 is 0.974 bits per heavy atom. The van der Waals surface area contributed by atoms with Crippen LogP contribution in [0.25, 0.3) is 16.9 Å². The van der Waals surface area contributed by atoms with E-state index in [2.05, 4.69) is 4.99 Å². The first-order valence-electron chi connectivity index (χ1n) is 12.2. The van der Waals surface area contributed by atoms with Crippen molar-refractivity contribution in [2.45, 2.75) is 6.42 Å². The van der Waals surface area contributed by atoms with Crippen LogP contribution >= 0.6 is 23.2 Å². The molecular weight excluding hydrogens is 542 g/mol. The average Bonchev–Trinajstić information content (AvgIpc) is 3.37. The van der Waals surface area contributed by atoms with Crippen molar-refractivity contribution >= 4 is 40.7 Å². The first kappa shape index (κ1) is 26.7. The summed E-state index contributed by atoms with van der Waals surface area (Å²) in [6.45, 7) is 1.54. The summed E-state index contributed by atoms with van der Waals surface area (Å²) < 4.78 is 20.8. The number of carbonyl (C=O) groups is 2. The van der Waals surface area contributed by atoms with Gasteiger partial charge in [0.25, 0.3) is 11.8 Å². The standard InChI is InChI=1S/C29H23Cl2FN4O3/c30-21-8-11-24(25(31)17-21)28(37)33-26(29(38)35-12-14-39-15-13-35)16-20-18-36(23-4-2-1-3-5-23)34-27(20)19-6-9-22(32)10-7-19/h1-11,17-18H,12-16H2. The van der Waals surface area contributed by atoms with Crippen molar-refractivity contribution in [3.63, 3.8) is 0 Å². The monoisotopic (exact) mass is 564 g/mol. The number of aliphatic imine (C=N–C) groups is 1. The highest BCUT2D eigenvalue weighted by Crippen LogP contribution is 2.26. The molecule has 0 aliphatic carbocycles. The topological polar surface area (TPSA) is 76.8 Å². The number of amides is 2. The second-order valence-electron chi connectivity index (χ2n) is 8.86. The van der Waals surface area contributed by atoms with E-state index in [1.54, 1.807) is 27.9 Å². The van der Waals surface area contributed by atoms with Crippen molar-refractivity contribution in [2.24, 2.45) is 4.99 Å². The molecule has 0 atom stereocenters. The van der Waals surface area contributed by atoms with E-state index in [1.807, 2.05) is 30.3 Å². The van der Waals surface area contributed by atoms with Gasteiger partial charge in [0, 0.05) is 41.9 Å². The van der Waals surface area contributed by atoms with E-state index in [1.165, 1.54) is 30.3 Å². The number of halogens is 3. The molecule has 10 heteroatoms. The van der Waals surface area contributed by atoms with E-state index in [0.717, 1.165) is 5.69 Å². The zero-order chi connectivity index (χ0) is 27.4. The fourth-order valence-electron chi connectivity index (χ4n) is 4.24. The van der Waals surface area contributed by atoms with Gasteiger partial charge in [-0.2, -0.15) is 5.10 Å². The summed E-state index contributed by atoms with van der Waals surface area (Å²) in [4.78, 5) is 32.7. The summed E-state index contributed by atoms with van der Waals surface area (Å²) in [5.74, 6) is -1.42. The van der Waals surface area contributed by atoms with Crippen LogP contribution in [0.5, 0.6) is 0 Å². The van der Waals surface area contributed by atoms with Gasteiger partial charge in [-0.05, 0) is 54.6 Å². The average molecular weight is 565 g/mol. The molecule has 4 aromatic rings. The predicted molar refractivity (Wildman–Crippen MR) is 148 cm³/mol. The van der Waals surface area contributed by atoms with Crippen LogP contribution in [0.3, 0.4) is 0 Å². The highest BCUT2D eigenvalue weighted by atomic mass is 35.5. The number of aromatic nitrogens is 2. The first-order chi connectivity index (χ1) is 18.9. The third kappa shape index (κ3) is 6.25.